The van der Waals surface area contributed by atoms with Crippen molar-refractivity contribution in [2.75, 3.05) is 13.2 Å². The summed E-state index contributed by atoms with van der Waals surface area (Å²) in [5.74, 6) is 0. The Hall–Kier alpha value is -0.120. The van der Waals surface area contributed by atoms with Gasteiger partial charge in [0, 0.05) is 0 Å². The second-order valence-corrected chi connectivity index (χ2v) is 2.00. The number of nitrogens with two attached hydrogens (primary N) is 1. The van der Waals surface area contributed by atoms with Crippen LogP contribution < -0.4 is 5.73 Å². The van der Waals surface area contributed by atoms with Gasteiger partial charge in [-0.3, -0.25) is 0 Å². The van der Waals surface area contributed by atoms with Gasteiger partial charge >= 0.3 is 0 Å². The highest BCUT2D eigenvalue weighted by Gasteiger charge is 2.19. The zero-order chi connectivity index (χ0) is 5.98. The van der Waals surface area contributed by atoms with Crippen LogP contribution in [0.1, 0.15) is 6.92 Å². The van der Waals surface area contributed by atoms with Gasteiger partial charge in [0.15, 0.2) is 0 Å². The number of hydrogen-bond acceptors (Lipinski definition) is 3. The highest BCUT2D eigenvalue weighted by atomic mass is 16.6. The molecule has 0 radical (unpaired) electrons. The molecule has 1 aliphatic heterocycles. The Morgan fingerprint density at radius 1 is 1.75 bits per heavy atom. The van der Waals surface area contributed by atoms with Crippen molar-refractivity contribution in [3.05, 3.63) is 0 Å². The van der Waals surface area contributed by atoms with Gasteiger partial charge in [0.25, 0.3) is 0 Å². The molecule has 0 unspecified atom stereocenters. The second-order valence-electron chi connectivity index (χ2n) is 2.00. The predicted molar refractivity (Wildman–Crippen MR) is 29.3 cm³/mol. The van der Waals surface area contributed by atoms with E-state index in [1.165, 1.54) is 0 Å². The Balaban J connectivity index is 2.01. The van der Waals surface area contributed by atoms with Crippen LogP contribution in [0.4, 0.5) is 0 Å². The molecule has 0 aromatic rings. The van der Waals surface area contributed by atoms with Gasteiger partial charge in [-0.2, -0.15) is 0 Å². The minimum absolute atomic E-state index is 0.149. The number of rotatable bonds is 2. The van der Waals surface area contributed by atoms with E-state index in [9.17, 15) is 0 Å². The Bertz CT molecular complexity index is 70.8. The number of ether oxygens (including phenoxy) is 2. The summed E-state index contributed by atoms with van der Waals surface area (Å²) in [6.45, 7) is 3.24. The molecule has 1 atom stereocenters. The first-order chi connectivity index (χ1) is 3.79. The van der Waals surface area contributed by atoms with Gasteiger partial charge < -0.3 is 15.2 Å². The molecule has 1 heterocycles. The molecule has 3 nitrogen and oxygen atoms in total. The summed E-state index contributed by atoms with van der Waals surface area (Å²) in [5.41, 5.74) is 5.32. The normalized spacial score (nSPS) is 24.8. The SMILES string of the molecule is C[C@@H](N)OC1COC1. The third-order valence-corrected chi connectivity index (χ3v) is 1.01. The summed E-state index contributed by atoms with van der Waals surface area (Å²) in [4.78, 5) is 0. The van der Waals surface area contributed by atoms with E-state index in [1.54, 1.807) is 0 Å². The van der Waals surface area contributed by atoms with E-state index in [0.29, 0.717) is 13.2 Å². The zero-order valence-corrected chi connectivity index (χ0v) is 4.96. The molecule has 3 heteroatoms. The van der Waals surface area contributed by atoms with E-state index in [0.717, 1.165) is 0 Å². The van der Waals surface area contributed by atoms with Crippen LogP contribution in [0.2, 0.25) is 0 Å². The van der Waals surface area contributed by atoms with Crippen molar-refractivity contribution in [1.29, 1.82) is 0 Å². The fourth-order valence-corrected chi connectivity index (χ4v) is 0.596. The molecule has 0 aliphatic carbocycles. The van der Waals surface area contributed by atoms with Crippen LogP contribution in [0.5, 0.6) is 0 Å². The Labute approximate surface area is 48.8 Å². The lowest BCUT2D eigenvalue weighted by Crippen LogP contribution is -2.40. The van der Waals surface area contributed by atoms with Crippen molar-refractivity contribution >= 4 is 0 Å². The minimum atomic E-state index is -0.149. The zero-order valence-electron chi connectivity index (χ0n) is 4.96. The van der Waals surface area contributed by atoms with Crippen LogP contribution >= 0.6 is 0 Å². The summed E-state index contributed by atoms with van der Waals surface area (Å²) >= 11 is 0. The van der Waals surface area contributed by atoms with Crippen LogP contribution in [0, 0.1) is 0 Å². The van der Waals surface area contributed by atoms with Gasteiger partial charge in [-0.15, -0.1) is 0 Å². The fraction of sp³-hybridized carbons (Fsp3) is 1.00. The van der Waals surface area contributed by atoms with Crippen LogP contribution in [0.25, 0.3) is 0 Å². The quantitative estimate of drug-likeness (QED) is 0.505. The first-order valence-electron chi connectivity index (χ1n) is 2.78. The van der Waals surface area contributed by atoms with Gasteiger partial charge in [-0.1, -0.05) is 0 Å². The molecule has 1 rings (SSSR count). The molecule has 1 aliphatic rings. The molecular weight excluding hydrogens is 106 g/mol. The summed E-state index contributed by atoms with van der Waals surface area (Å²) in [6, 6.07) is 0. The van der Waals surface area contributed by atoms with Crippen LogP contribution in [-0.4, -0.2) is 25.5 Å². The van der Waals surface area contributed by atoms with Crippen LogP contribution in [-0.2, 0) is 9.47 Å². The summed E-state index contributed by atoms with van der Waals surface area (Å²) in [6.07, 6.45) is 0.110. The smallest absolute Gasteiger partial charge is 0.106 e. The Kier molecular flexibility index (Phi) is 1.83. The first kappa shape index (κ1) is 6.01. The molecule has 0 amide bonds. The minimum Gasteiger partial charge on any atom is -0.376 e. The largest absolute Gasteiger partial charge is 0.376 e. The third kappa shape index (κ3) is 1.43. The molecule has 0 spiro atoms. The lowest BCUT2D eigenvalue weighted by Gasteiger charge is -2.27. The average molecular weight is 117 g/mol. The van der Waals surface area contributed by atoms with Gasteiger partial charge in [0.1, 0.15) is 12.3 Å². The lowest BCUT2D eigenvalue weighted by atomic mass is 10.3. The molecule has 2 N–H and O–H groups in total. The Morgan fingerprint density at radius 3 is 2.50 bits per heavy atom. The van der Waals surface area contributed by atoms with Gasteiger partial charge in [-0.25, -0.2) is 0 Å². The highest BCUT2D eigenvalue weighted by molar-refractivity contribution is 4.64. The fourth-order valence-electron chi connectivity index (χ4n) is 0.596. The van der Waals surface area contributed by atoms with Crippen molar-refractivity contribution in [1.82, 2.24) is 0 Å². The summed E-state index contributed by atoms with van der Waals surface area (Å²) in [5, 5.41) is 0. The van der Waals surface area contributed by atoms with Crippen molar-refractivity contribution < 1.29 is 9.47 Å². The van der Waals surface area contributed by atoms with E-state index in [4.69, 9.17) is 15.2 Å². The molecule has 1 saturated heterocycles. The van der Waals surface area contributed by atoms with E-state index < -0.39 is 0 Å². The summed E-state index contributed by atoms with van der Waals surface area (Å²) < 4.78 is 9.99. The van der Waals surface area contributed by atoms with Crippen LogP contribution in [0.3, 0.4) is 0 Å². The Morgan fingerprint density at radius 2 is 2.38 bits per heavy atom. The molecule has 0 aromatic carbocycles. The van der Waals surface area contributed by atoms with Gasteiger partial charge in [-0.05, 0) is 6.92 Å². The third-order valence-electron chi connectivity index (χ3n) is 1.01. The molecular formula is C5H11NO2. The topological polar surface area (TPSA) is 44.5 Å². The van der Waals surface area contributed by atoms with Crippen molar-refractivity contribution in [2.45, 2.75) is 19.3 Å². The summed E-state index contributed by atoms with van der Waals surface area (Å²) in [7, 11) is 0. The maximum absolute atomic E-state index is 5.32. The maximum atomic E-state index is 5.32. The monoisotopic (exact) mass is 117 g/mol. The molecule has 1 fully saturated rings. The molecule has 0 saturated carbocycles. The molecule has 0 aromatic heterocycles. The van der Waals surface area contributed by atoms with Crippen LogP contribution in [0.15, 0.2) is 0 Å². The maximum Gasteiger partial charge on any atom is 0.106 e. The molecule has 8 heavy (non-hydrogen) atoms. The standard InChI is InChI=1S/C5H11NO2/c1-4(6)8-5-2-7-3-5/h4-5H,2-3,6H2,1H3/t4-/m0/s1. The highest BCUT2D eigenvalue weighted by Crippen LogP contribution is 2.05. The van der Waals surface area contributed by atoms with E-state index in [1.807, 2.05) is 6.92 Å². The van der Waals surface area contributed by atoms with E-state index in [-0.39, 0.29) is 12.3 Å². The molecule has 48 valence electrons. The lowest BCUT2D eigenvalue weighted by molar-refractivity contribution is -0.149. The average Bonchev–Trinajstić information content (AvgIpc) is 1.55. The number of hydrogen-bond donors (Lipinski definition) is 1. The van der Waals surface area contributed by atoms with E-state index >= 15 is 0 Å². The van der Waals surface area contributed by atoms with Gasteiger partial charge in [0.2, 0.25) is 0 Å². The second kappa shape index (κ2) is 2.44. The van der Waals surface area contributed by atoms with E-state index in [2.05, 4.69) is 0 Å². The van der Waals surface area contributed by atoms with Gasteiger partial charge in [0.05, 0.1) is 13.2 Å². The first-order valence-corrected chi connectivity index (χ1v) is 2.78. The molecule has 0 bridgehead atoms. The predicted octanol–water partition coefficient (Wildman–Crippen LogP) is -0.294. The van der Waals surface area contributed by atoms with Crippen molar-refractivity contribution in [3.63, 3.8) is 0 Å². The van der Waals surface area contributed by atoms with Crippen molar-refractivity contribution in [2.24, 2.45) is 5.73 Å². The van der Waals surface area contributed by atoms with Crippen molar-refractivity contribution in [3.8, 4) is 0 Å².